The molecule has 0 radical (unpaired) electrons. The summed E-state index contributed by atoms with van der Waals surface area (Å²) in [5, 5.41) is 4.95. The maximum atomic E-state index is 13.0. The molecule has 92 valence electrons. The van der Waals surface area contributed by atoms with Gasteiger partial charge in [-0.3, -0.25) is 9.59 Å². The van der Waals surface area contributed by atoms with Crippen LogP contribution in [0.1, 0.15) is 22.8 Å². The van der Waals surface area contributed by atoms with Crippen molar-refractivity contribution in [3.63, 3.8) is 0 Å². The van der Waals surface area contributed by atoms with Gasteiger partial charge in [-0.2, -0.15) is 0 Å². The van der Waals surface area contributed by atoms with Crippen molar-refractivity contribution in [2.24, 2.45) is 0 Å². The summed E-state index contributed by atoms with van der Waals surface area (Å²) in [6.45, 7) is 3.15. The van der Waals surface area contributed by atoms with Gasteiger partial charge in [0.25, 0.3) is 5.91 Å². The first-order valence-electron chi connectivity index (χ1n) is 5.24. The normalized spacial score (nSPS) is 11.8. The maximum Gasteiger partial charge on any atom is 0.251 e. The number of aryl methyl sites for hydroxylation is 1. The van der Waals surface area contributed by atoms with Gasteiger partial charge in [0.2, 0.25) is 5.91 Å². The molecule has 1 aromatic carbocycles. The Labute approximate surface area is 99.2 Å². The Morgan fingerprint density at radius 3 is 2.53 bits per heavy atom. The number of nitrogens with one attached hydrogen (secondary N) is 2. The molecule has 5 heteroatoms. The second-order valence-electron chi connectivity index (χ2n) is 3.77. The number of halogens is 1. The van der Waals surface area contributed by atoms with E-state index in [0.29, 0.717) is 11.1 Å². The molecule has 0 heterocycles. The van der Waals surface area contributed by atoms with E-state index < -0.39 is 11.9 Å². The van der Waals surface area contributed by atoms with Crippen molar-refractivity contribution in [3.8, 4) is 0 Å². The van der Waals surface area contributed by atoms with Gasteiger partial charge in [-0.15, -0.1) is 0 Å². The Bertz CT molecular complexity index is 446. The van der Waals surface area contributed by atoms with Gasteiger partial charge < -0.3 is 10.6 Å². The Morgan fingerprint density at radius 2 is 2.00 bits per heavy atom. The lowest BCUT2D eigenvalue weighted by molar-refractivity contribution is -0.122. The summed E-state index contributed by atoms with van der Waals surface area (Å²) in [4.78, 5) is 22.9. The van der Waals surface area contributed by atoms with Gasteiger partial charge in [0.05, 0.1) is 0 Å². The van der Waals surface area contributed by atoms with Crippen LogP contribution in [0.25, 0.3) is 0 Å². The number of carbonyl (C=O) groups excluding carboxylic acids is 2. The predicted molar refractivity (Wildman–Crippen MR) is 62.1 cm³/mol. The molecule has 0 aromatic heterocycles. The Kier molecular flexibility index (Phi) is 4.20. The summed E-state index contributed by atoms with van der Waals surface area (Å²) < 4.78 is 13.0. The van der Waals surface area contributed by atoms with Crippen LogP contribution in [0.5, 0.6) is 0 Å². The highest BCUT2D eigenvalue weighted by Crippen LogP contribution is 2.09. The molecular formula is C12H15FN2O2. The van der Waals surface area contributed by atoms with Crippen LogP contribution in [0, 0.1) is 12.7 Å². The lowest BCUT2D eigenvalue weighted by Crippen LogP contribution is -2.43. The average Bonchev–Trinajstić information content (AvgIpc) is 2.31. The Morgan fingerprint density at radius 1 is 1.35 bits per heavy atom. The van der Waals surface area contributed by atoms with Gasteiger partial charge in [0.1, 0.15) is 11.9 Å². The molecule has 0 saturated carbocycles. The SMILES string of the molecule is CNC(=O)C(C)NC(=O)c1ccc(F)c(C)c1. The fraction of sp³-hybridized carbons (Fsp3) is 0.333. The Hall–Kier alpha value is -1.91. The molecule has 0 saturated heterocycles. The minimum absolute atomic E-state index is 0.280. The third-order valence-electron chi connectivity index (χ3n) is 2.41. The standard InChI is InChI=1S/C12H15FN2O2/c1-7-6-9(4-5-10(7)13)12(17)15-8(2)11(16)14-3/h4-6,8H,1-3H3,(H,14,16)(H,15,17). The maximum absolute atomic E-state index is 13.0. The summed E-state index contributed by atoms with van der Waals surface area (Å²) in [5.74, 6) is -1.04. The van der Waals surface area contributed by atoms with Crippen LogP contribution in [0.15, 0.2) is 18.2 Å². The molecule has 1 rings (SSSR count). The van der Waals surface area contributed by atoms with E-state index in [9.17, 15) is 14.0 Å². The van der Waals surface area contributed by atoms with Crippen LogP contribution in [0.4, 0.5) is 4.39 Å². The molecule has 0 aliphatic heterocycles. The van der Waals surface area contributed by atoms with Crippen molar-refractivity contribution in [3.05, 3.63) is 35.1 Å². The molecule has 17 heavy (non-hydrogen) atoms. The molecule has 1 atom stereocenters. The quantitative estimate of drug-likeness (QED) is 0.825. The van der Waals surface area contributed by atoms with Gasteiger partial charge in [-0.05, 0) is 37.6 Å². The zero-order chi connectivity index (χ0) is 13.0. The molecule has 0 aliphatic rings. The fourth-order valence-electron chi connectivity index (χ4n) is 1.35. The number of likely N-dealkylation sites (N-methyl/N-ethyl adjacent to an activating group) is 1. The van der Waals surface area contributed by atoms with Crippen LogP contribution >= 0.6 is 0 Å². The molecule has 0 bridgehead atoms. The summed E-state index contributed by atoms with van der Waals surface area (Å²) in [7, 11) is 1.49. The van der Waals surface area contributed by atoms with E-state index in [1.165, 1.54) is 25.2 Å². The second-order valence-corrected chi connectivity index (χ2v) is 3.77. The molecule has 1 unspecified atom stereocenters. The number of amides is 2. The van der Waals surface area contributed by atoms with E-state index in [0.717, 1.165) is 0 Å². The van der Waals surface area contributed by atoms with Crippen molar-refractivity contribution in [1.29, 1.82) is 0 Å². The third-order valence-corrected chi connectivity index (χ3v) is 2.41. The highest BCUT2D eigenvalue weighted by molar-refractivity contribution is 5.97. The van der Waals surface area contributed by atoms with E-state index in [2.05, 4.69) is 10.6 Å². The van der Waals surface area contributed by atoms with Crippen LogP contribution in [0.3, 0.4) is 0 Å². The lowest BCUT2D eigenvalue weighted by Gasteiger charge is -2.12. The van der Waals surface area contributed by atoms with Crippen LogP contribution in [0.2, 0.25) is 0 Å². The topological polar surface area (TPSA) is 58.2 Å². The van der Waals surface area contributed by atoms with Gasteiger partial charge in [0.15, 0.2) is 0 Å². The third kappa shape index (κ3) is 3.27. The molecule has 1 aromatic rings. The number of carbonyl (C=O) groups is 2. The van der Waals surface area contributed by atoms with E-state index in [1.54, 1.807) is 13.8 Å². The van der Waals surface area contributed by atoms with E-state index in [4.69, 9.17) is 0 Å². The molecule has 0 aliphatic carbocycles. The predicted octanol–water partition coefficient (Wildman–Crippen LogP) is 0.998. The number of hydrogen-bond acceptors (Lipinski definition) is 2. The molecule has 0 fully saturated rings. The smallest absolute Gasteiger partial charge is 0.251 e. The summed E-state index contributed by atoms with van der Waals surface area (Å²) in [6, 6.07) is 3.43. The highest BCUT2D eigenvalue weighted by atomic mass is 19.1. The lowest BCUT2D eigenvalue weighted by atomic mass is 10.1. The minimum Gasteiger partial charge on any atom is -0.357 e. The molecular weight excluding hydrogens is 223 g/mol. The zero-order valence-electron chi connectivity index (χ0n) is 10.0. The Balaban J connectivity index is 2.76. The number of rotatable bonds is 3. The summed E-state index contributed by atoms with van der Waals surface area (Å²) in [5.41, 5.74) is 0.727. The monoisotopic (exact) mass is 238 g/mol. The first-order chi connectivity index (χ1) is 7.95. The van der Waals surface area contributed by atoms with Crippen molar-refractivity contribution in [2.45, 2.75) is 19.9 Å². The van der Waals surface area contributed by atoms with Gasteiger partial charge >= 0.3 is 0 Å². The summed E-state index contributed by atoms with van der Waals surface area (Å²) in [6.07, 6.45) is 0. The fourth-order valence-corrected chi connectivity index (χ4v) is 1.35. The van der Waals surface area contributed by atoms with E-state index >= 15 is 0 Å². The molecule has 0 spiro atoms. The minimum atomic E-state index is -0.627. The van der Waals surface area contributed by atoms with Crippen LogP contribution in [-0.2, 0) is 4.79 Å². The van der Waals surface area contributed by atoms with Crippen LogP contribution < -0.4 is 10.6 Å². The van der Waals surface area contributed by atoms with Gasteiger partial charge in [-0.25, -0.2) is 4.39 Å². The molecule has 2 amide bonds. The average molecular weight is 238 g/mol. The van der Waals surface area contributed by atoms with E-state index in [1.807, 2.05) is 0 Å². The molecule has 4 nitrogen and oxygen atoms in total. The van der Waals surface area contributed by atoms with Gasteiger partial charge in [-0.1, -0.05) is 0 Å². The number of hydrogen-bond donors (Lipinski definition) is 2. The molecule has 2 N–H and O–H groups in total. The first kappa shape index (κ1) is 13.2. The van der Waals surface area contributed by atoms with Crippen molar-refractivity contribution in [1.82, 2.24) is 10.6 Å². The largest absolute Gasteiger partial charge is 0.357 e. The summed E-state index contributed by atoms with van der Waals surface area (Å²) >= 11 is 0. The van der Waals surface area contributed by atoms with Gasteiger partial charge in [0, 0.05) is 12.6 Å². The highest BCUT2D eigenvalue weighted by Gasteiger charge is 2.15. The van der Waals surface area contributed by atoms with Crippen molar-refractivity contribution < 1.29 is 14.0 Å². The first-order valence-corrected chi connectivity index (χ1v) is 5.24. The van der Waals surface area contributed by atoms with Crippen molar-refractivity contribution >= 4 is 11.8 Å². The van der Waals surface area contributed by atoms with E-state index in [-0.39, 0.29) is 11.7 Å². The second kappa shape index (κ2) is 5.43. The van der Waals surface area contributed by atoms with Crippen molar-refractivity contribution in [2.75, 3.05) is 7.05 Å². The zero-order valence-corrected chi connectivity index (χ0v) is 10.0. The van der Waals surface area contributed by atoms with Crippen LogP contribution in [-0.4, -0.2) is 24.9 Å². The number of benzene rings is 1.